The van der Waals surface area contributed by atoms with Crippen LogP contribution in [0.4, 0.5) is 5.69 Å². The molecule has 2 amide bonds. The summed E-state index contributed by atoms with van der Waals surface area (Å²) < 4.78 is 5.41. The molecule has 2 aliphatic heterocycles. The highest BCUT2D eigenvalue weighted by molar-refractivity contribution is 6.02. The molecule has 3 rings (SSSR count). The van der Waals surface area contributed by atoms with Crippen molar-refractivity contribution in [3.8, 4) is 5.75 Å². The van der Waals surface area contributed by atoms with Crippen molar-refractivity contribution in [3.05, 3.63) is 24.3 Å². The highest BCUT2D eigenvalue weighted by atomic mass is 16.5. The number of piperazine rings is 1. The SMILES string of the molecule is C[C@@H](O)CN1CCN(C(=O)CN2C(=O)COc3ccccc32)C[C@@H]1C. The van der Waals surface area contributed by atoms with Gasteiger partial charge in [0.05, 0.1) is 11.8 Å². The van der Waals surface area contributed by atoms with Gasteiger partial charge in [-0.3, -0.25) is 19.4 Å². The number of aliphatic hydroxyl groups excluding tert-OH is 1. The molecule has 2 heterocycles. The normalized spacial score (nSPS) is 22.4. The second kappa shape index (κ2) is 7.41. The maximum Gasteiger partial charge on any atom is 0.265 e. The predicted octanol–water partition coefficient (Wildman–Crippen LogP) is 0.326. The van der Waals surface area contributed by atoms with Crippen LogP contribution in [0.25, 0.3) is 0 Å². The van der Waals surface area contributed by atoms with Crippen molar-refractivity contribution in [3.63, 3.8) is 0 Å². The Morgan fingerprint density at radius 1 is 1.36 bits per heavy atom. The van der Waals surface area contributed by atoms with Gasteiger partial charge in [0, 0.05) is 32.2 Å². The Morgan fingerprint density at radius 3 is 2.84 bits per heavy atom. The van der Waals surface area contributed by atoms with E-state index in [0.29, 0.717) is 31.1 Å². The van der Waals surface area contributed by atoms with Gasteiger partial charge in [0.1, 0.15) is 12.3 Å². The zero-order chi connectivity index (χ0) is 18.0. The highest BCUT2D eigenvalue weighted by Crippen LogP contribution is 2.31. The van der Waals surface area contributed by atoms with Crippen LogP contribution in [-0.4, -0.2) is 78.2 Å². The van der Waals surface area contributed by atoms with Crippen LogP contribution in [0, 0.1) is 0 Å². The Balaban J connectivity index is 1.64. The molecule has 0 unspecified atom stereocenters. The molecule has 25 heavy (non-hydrogen) atoms. The highest BCUT2D eigenvalue weighted by Gasteiger charge is 2.31. The minimum atomic E-state index is -0.382. The standard InChI is InChI=1S/C18H25N3O4/c1-13-9-20(8-7-19(13)10-14(2)22)17(23)11-21-15-5-3-4-6-16(15)25-12-18(21)24/h3-6,13-14,22H,7-12H2,1-2H3/t13-,14+/m0/s1. The number of amides is 2. The lowest BCUT2D eigenvalue weighted by atomic mass is 10.1. The monoisotopic (exact) mass is 347 g/mol. The number of hydrogen-bond donors (Lipinski definition) is 1. The molecule has 136 valence electrons. The number of para-hydroxylation sites is 2. The second-order valence-corrected chi connectivity index (χ2v) is 6.77. The van der Waals surface area contributed by atoms with E-state index in [0.717, 1.165) is 6.54 Å². The zero-order valence-electron chi connectivity index (χ0n) is 14.7. The summed E-state index contributed by atoms with van der Waals surface area (Å²) in [5.74, 6) is 0.367. The van der Waals surface area contributed by atoms with Gasteiger partial charge in [-0.25, -0.2) is 0 Å². The van der Waals surface area contributed by atoms with Gasteiger partial charge in [-0.1, -0.05) is 12.1 Å². The van der Waals surface area contributed by atoms with Crippen molar-refractivity contribution in [1.82, 2.24) is 9.80 Å². The molecular formula is C18H25N3O4. The summed E-state index contributed by atoms with van der Waals surface area (Å²) in [5, 5.41) is 9.56. The summed E-state index contributed by atoms with van der Waals surface area (Å²) in [4.78, 5) is 30.4. The molecular weight excluding hydrogens is 322 g/mol. The molecule has 2 aliphatic rings. The number of rotatable bonds is 4. The van der Waals surface area contributed by atoms with Gasteiger partial charge >= 0.3 is 0 Å². The van der Waals surface area contributed by atoms with Crippen LogP contribution in [0.2, 0.25) is 0 Å². The third-order valence-corrected chi connectivity index (χ3v) is 4.72. The molecule has 7 nitrogen and oxygen atoms in total. The van der Waals surface area contributed by atoms with E-state index in [1.54, 1.807) is 24.0 Å². The van der Waals surface area contributed by atoms with E-state index in [9.17, 15) is 14.7 Å². The molecule has 1 aromatic rings. The first kappa shape index (κ1) is 17.7. The molecule has 1 fully saturated rings. The Kier molecular flexibility index (Phi) is 5.24. The zero-order valence-corrected chi connectivity index (χ0v) is 14.7. The lowest BCUT2D eigenvalue weighted by Gasteiger charge is -2.41. The van der Waals surface area contributed by atoms with E-state index in [4.69, 9.17) is 4.74 Å². The minimum absolute atomic E-state index is 0.0301. The number of aliphatic hydroxyl groups is 1. The number of carbonyl (C=O) groups excluding carboxylic acids is 2. The van der Waals surface area contributed by atoms with Crippen molar-refractivity contribution in [2.75, 3.05) is 44.2 Å². The van der Waals surface area contributed by atoms with Crippen molar-refractivity contribution < 1.29 is 19.4 Å². The topological polar surface area (TPSA) is 73.3 Å². The lowest BCUT2D eigenvalue weighted by molar-refractivity contribution is -0.134. The minimum Gasteiger partial charge on any atom is -0.482 e. The van der Waals surface area contributed by atoms with Crippen LogP contribution in [0.3, 0.4) is 0 Å². The average Bonchev–Trinajstić information content (AvgIpc) is 2.58. The Hall–Kier alpha value is -2.12. The lowest BCUT2D eigenvalue weighted by Crippen LogP contribution is -2.57. The summed E-state index contributed by atoms with van der Waals surface area (Å²) in [6.07, 6.45) is -0.382. The number of carbonyl (C=O) groups is 2. The molecule has 1 saturated heterocycles. The van der Waals surface area contributed by atoms with Crippen LogP contribution in [0.5, 0.6) is 5.75 Å². The number of anilines is 1. The third kappa shape index (κ3) is 3.93. The number of hydrogen-bond acceptors (Lipinski definition) is 5. The number of nitrogens with zero attached hydrogens (tertiary/aromatic N) is 3. The first-order chi connectivity index (χ1) is 12.0. The van der Waals surface area contributed by atoms with Crippen molar-refractivity contribution in [2.45, 2.75) is 26.0 Å². The van der Waals surface area contributed by atoms with Crippen LogP contribution in [0.1, 0.15) is 13.8 Å². The Labute approximate surface area is 147 Å². The summed E-state index contributed by atoms with van der Waals surface area (Å²) in [5.41, 5.74) is 0.646. The summed E-state index contributed by atoms with van der Waals surface area (Å²) >= 11 is 0. The Morgan fingerprint density at radius 2 is 2.12 bits per heavy atom. The van der Waals surface area contributed by atoms with E-state index in [1.807, 2.05) is 12.1 Å². The van der Waals surface area contributed by atoms with Gasteiger partial charge in [-0.15, -0.1) is 0 Å². The molecule has 0 spiro atoms. The first-order valence-corrected chi connectivity index (χ1v) is 8.68. The summed E-state index contributed by atoms with van der Waals surface area (Å²) in [6.45, 7) is 6.36. The average molecular weight is 347 g/mol. The number of fused-ring (bicyclic) bond motifs is 1. The maximum atomic E-state index is 12.7. The van der Waals surface area contributed by atoms with Gasteiger partial charge in [0.2, 0.25) is 5.91 Å². The van der Waals surface area contributed by atoms with Crippen LogP contribution >= 0.6 is 0 Å². The van der Waals surface area contributed by atoms with Crippen LogP contribution < -0.4 is 9.64 Å². The van der Waals surface area contributed by atoms with Gasteiger partial charge in [-0.2, -0.15) is 0 Å². The van der Waals surface area contributed by atoms with E-state index < -0.39 is 0 Å². The molecule has 0 aliphatic carbocycles. The maximum absolute atomic E-state index is 12.7. The van der Waals surface area contributed by atoms with Crippen molar-refractivity contribution >= 4 is 17.5 Å². The molecule has 0 bridgehead atoms. The van der Waals surface area contributed by atoms with Gasteiger partial charge in [-0.05, 0) is 26.0 Å². The van der Waals surface area contributed by atoms with Gasteiger partial charge < -0.3 is 14.7 Å². The molecule has 0 saturated carbocycles. The van der Waals surface area contributed by atoms with Crippen molar-refractivity contribution in [1.29, 1.82) is 0 Å². The van der Waals surface area contributed by atoms with Crippen LogP contribution in [0.15, 0.2) is 24.3 Å². The molecule has 0 aromatic heterocycles. The molecule has 7 heteroatoms. The van der Waals surface area contributed by atoms with Crippen LogP contribution in [-0.2, 0) is 9.59 Å². The molecule has 1 aromatic carbocycles. The van der Waals surface area contributed by atoms with E-state index >= 15 is 0 Å². The largest absolute Gasteiger partial charge is 0.482 e. The second-order valence-electron chi connectivity index (χ2n) is 6.77. The molecule has 0 radical (unpaired) electrons. The van der Waals surface area contributed by atoms with Gasteiger partial charge in [0.15, 0.2) is 6.61 Å². The summed E-state index contributed by atoms with van der Waals surface area (Å²) in [6, 6.07) is 7.45. The van der Waals surface area contributed by atoms with E-state index in [1.165, 1.54) is 4.90 Å². The van der Waals surface area contributed by atoms with E-state index in [2.05, 4.69) is 11.8 Å². The number of benzene rings is 1. The Bertz CT molecular complexity index is 649. The smallest absolute Gasteiger partial charge is 0.265 e. The molecule has 2 atom stereocenters. The van der Waals surface area contributed by atoms with E-state index in [-0.39, 0.29) is 37.1 Å². The fourth-order valence-electron chi connectivity index (χ4n) is 3.39. The number of ether oxygens (including phenoxy) is 1. The predicted molar refractivity (Wildman–Crippen MR) is 93.6 cm³/mol. The van der Waals surface area contributed by atoms with Gasteiger partial charge in [0.25, 0.3) is 5.91 Å². The third-order valence-electron chi connectivity index (χ3n) is 4.72. The quantitative estimate of drug-likeness (QED) is 0.850. The molecule has 1 N–H and O–H groups in total. The van der Waals surface area contributed by atoms with Crippen molar-refractivity contribution in [2.24, 2.45) is 0 Å². The number of β-amino-alcohol motifs (C(OH)–C–C–N with tert-alkyl or cyclic N) is 1. The summed E-state index contributed by atoms with van der Waals surface area (Å²) in [7, 11) is 0. The fourth-order valence-corrected chi connectivity index (χ4v) is 3.39. The fraction of sp³-hybridized carbons (Fsp3) is 0.556. The first-order valence-electron chi connectivity index (χ1n) is 8.68.